The van der Waals surface area contributed by atoms with Crippen LogP contribution in [0.4, 0.5) is 5.82 Å². The number of fused-ring (bicyclic) bond motifs is 1. The standard InChI is InChI=1S/C21H26N6O/c1-16-7-6-8-17(15-16)21(28)22-12-11-19-24-23-18-9-10-20(25-27(18)19)26-13-4-2-3-5-14-26/h6-10,15H,2-5,11-14H2,1H3,(H,22,28). The van der Waals surface area contributed by atoms with Crippen LogP contribution in [0.25, 0.3) is 5.65 Å². The Morgan fingerprint density at radius 1 is 1.07 bits per heavy atom. The Kier molecular flexibility index (Phi) is 5.50. The van der Waals surface area contributed by atoms with Crippen LogP contribution in [-0.4, -0.2) is 45.4 Å². The van der Waals surface area contributed by atoms with Gasteiger partial charge >= 0.3 is 0 Å². The summed E-state index contributed by atoms with van der Waals surface area (Å²) in [7, 11) is 0. The van der Waals surface area contributed by atoms with E-state index in [2.05, 4.69) is 20.4 Å². The molecule has 1 aromatic carbocycles. The Labute approximate surface area is 164 Å². The molecule has 0 bridgehead atoms. The van der Waals surface area contributed by atoms with Crippen LogP contribution < -0.4 is 10.2 Å². The molecule has 28 heavy (non-hydrogen) atoms. The molecular weight excluding hydrogens is 352 g/mol. The Morgan fingerprint density at radius 3 is 2.68 bits per heavy atom. The largest absolute Gasteiger partial charge is 0.355 e. The van der Waals surface area contributed by atoms with E-state index in [0.717, 1.165) is 35.9 Å². The van der Waals surface area contributed by atoms with Gasteiger partial charge in [-0.3, -0.25) is 4.79 Å². The fourth-order valence-corrected chi connectivity index (χ4v) is 3.62. The number of aromatic nitrogens is 4. The number of carbonyl (C=O) groups excluding carboxylic acids is 1. The fraction of sp³-hybridized carbons (Fsp3) is 0.429. The topological polar surface area (TPSA) is 75.4 Å². The van der Waals surface area contributed by atoms with Crippen LogP contribution in [0.5, 0.6) is 0 Å². The van der Waals surface area contributed by atoms with Crippen molar-refractivity contribution in [1.82, 2.24) is 25.1 Å². The summed E-state index contributed by atoms with van der Waals surface area (Å²) in [6, 6.07) is 11.6. The number of amides is 1. The lowest BCUT2D eigenvalue weighted by atomic mass is 10.1. The van der Waals surface area contributed by atoms with Gasteiger partial charge in [-0.2, -0.15) is 4.52 Å². The van der Waals surface area contributed by atoms with E-state index in [9.17, 15) is 4.79 Å². The number of benzene rings is 1. The average Bonchev–Trinajstić information content (AvgIpc) is 2.92. The van der Waals surface area contributed by atoms with Gasteiger partial charge in [0.1, 0.15) is 5.82 Å². The third-order valence-corrected chi connectivity index (χ3v) is 5.16. The molecule has 1 amide bonds. The lowest BCUT2D eigenvalue weighted by molar-refractivity contribution is 0.0954. The summed E-state index contributed by atoms with van der Waals surface area (Å²) < 4.78 is 1.80. The van der Waals surface area contributed by atoms with Crippen LogP contribution in [-0.2, 0) is 6.42 Å². The molecule has 0 spiro atoms. The number of hydrogen-bond donors (Lipinski definition) is 1. The molecule has 0 atom stereocenters. The van der Waals surface area contributed by atoms with Gasteiger partial charge in [-0.25, -0.2) is 0 Å². The number of carbonyl (C=O) groups is 1. The molecule has 3 heterocycles. The normalized spacial score (nSPS) is 14.8. The third-order valence-electron chi connectivity index (χ3n) is 5.16. The van der Waals surface area contributed by atoms with Gasteiger partial charge < -0.3 is 10.2 Å². The first-order chi connectivity index (χ1) is 13.7. The van der Waals surface area contributed by atoms with Crippen LogP contribution in [0.1, 0.15) is 47.4 Å². The fourth-order valence-electron chi connectivity index (χ4n) is 3.62. The molecule has 0 aliphatic carbocycles. The van der Waals surface area contributed by atoms with E-state index >= 15 is 0 Å². The number of aryl methyl sites for hydroxylation is 1. The predicted octanol–water partition coefficient (Wildman–Crippen LogP) is 2.79. The predicted molar refractivity (Wildman–Crippen MR) is 109 cm³/mol. The molecule has 7 nitrogen and oxygen atoms in total. The highest BCUT2D eigenvalue weighted by Crippen LogP contribution is 2.18. The maximum Gasteiger partial charge on any atom is 0.251 e. The molecule has 0 unspecified atom stereocenters. The van der Waals surface area contributed by atoms with Gasteiger partial charge in [-0.15, -0.1) is 15.3 Å². The zero-order valence-corrected chi connectivity index (χ0v) is 16.3. The van der Waals surface area contributed by atoms with E-state index in [1.165, 1.54) is 25.7 Å². The van der Waals surface area contributed by atoms with Crippen molar-refractivity contribution in [3.05, 3.63) is 53.3 Å². The van der Waals surface area contributed by atoms with Gasteiger partial charge in [0.05, 0.1) is 0 Å². The van der Waals surface area contributed by atoms with E-state index < -0.39 is 0 Å². The van der Waals surface area contributed by atoms with E-state index in [0.29, 0.717) is 18.5 Å². The molecule has 1 aliphatic heterocycles. The van der Waals surface area contributed by atoms with Gasteiger partial charge in [-0.1, -0.05) is 30.5 Å². The first-order valence-electron chi connectivity index (χ1n) is 10.0. The quantitative estimate of drug-likeness (QED) is 0.739. The Bertz CT molecular complexity index is 958. The lowest BCUT2D eigenvalue weighted by Crippen LogP contribution is -2.27. The first-order valence-corrected chi connectivity index (χ1v) is 10.0. The highest BCUT2D eigenvalue weighted by atomic mass is 16.1. The number of anilines is 1. The van der Waals surface area contributed by atoms with E-state index in [1.54, 1.807) is 4.52 Å². The molecule has 2 aromatic heterocycles. The van der Waals surface area contributed by atoms with Crippen LogP contribution in [0.15, 0.2) is 36.4 Å². The van der Waals surface area contributed by atoms with Gasteiger partial charge in [0.15, 0.2) is 11.5 Å². The molecule has 0 saturated carbocycles. The van der Waals surface area contributed by atoms with Crippen LogP contribution in [0.2, 0.25) is 0 Å². The summed E-state index contributed by atoms with van der Waals surface area (Å²) in [5.74, 6) is 1.66. The molecule has 1 fully saturated rings. The summed E-state index contributed by atoms with van der Waals surface area (Å²) in [6.45, 7) is 4.56. The van der Waals surface area contributed by atoms with Crippen molar-refractivity contribution < 1.29 is 4.79 Å². The zero-order valence-electron chi connectivity index (χ0n) is 16.3. The summed E-state index contributed by atoms with van der Waals surface area (Å²) in [6.07, 6.45) is 5.57. The van der Waals surface area contributed by atoms with Crippen molar-refractivity contribution in [3.63, 3.8) is 0 Å². The molecule has 146 valence electrons. The monoisotopic (exact) mass is 378 g/mol. The molecule has 1 saturated heterocycles. The van der Waals surface area contributed by atoms with E-state index in [4.69, 9.17) is 5.10 Å². The molecular formula is C21H26N6O. The van der Waals surface area contributed by atoms with Crippen molar-refractivity contribution in [3.8, 4) is 0 Å². The zero-order chi connectivity index (χ0) is 19.3. The molecule has 3 aromatic rings. The summed E-state index contributed by atoms with van der Waals surface area (Å²) in [5, 5.41) is 16.2. The molecule has 4 rings (SSSR count). The minimum Gasteiger partial charge on any atom is -0.355 e. The lowest BCUT2D eigenvalue weighted by Gasteiger charge is -2.21. The number of nitrogens with zero attached hydrogens (tertiary/aromatic N) is 5. The molecule has 0 radical (unpaired) electrons. The number of hydrogen-bond acceptors (Lipinski definition) is 5. The highest BCUT2D eigenvalue weighted by molar-refractivity contribution is 5.94. The second-order valence-corrected chi connectivity index (χ2v) is 7.35. The van der Waals surface area contributed by atoms with Crippen molar-refractivity contribution in [2.24, 2.45) is 0 Å². The van der Waals surface area contributed by atoms with E-state index in [1.807, 2.05) is 43.3 Å². The summed E-state index contributed by atoms with van der Waals surface area (Å²) in [4.78, 5) is 14.6. The Morgan fingerprint density at radius 2 is 1.89 bits per heavy atom. The van der Waals surface area contributed by atoms with Crippen molar-refractivity contribution in [1.29, 1.82) is 0 Å². The van der Waals surface area contributed by atoms with Crippen molar-refractivity contribution >= 4 is 17.4 Å². The van der Waals surface area contributed by atoms with Gasteiger partial charge in [0, 0.05) is 31.6 Å². The summed E-state index contributed by atoms with van der Waals surface area (Å²) >= 11 is 0. The minimum atomic E-state index is -0.0734. The van der Waals surface area contributed by atoms with Crippen LogP contribution >= 0.6 is 0 Å². The van der Waals surface area contributed by atoms with Gasteiger partial charge in [-0.05, 0) is 44.0 Å². The van der Waals surface area contributed by atoms with Crippen molar-refractivity contribution in [2.45, 2.75) is 39.0 Å². The maximum atomic E-state index is 12.3. The first kappa shape index (κ1) is 18.4. The molecule has 1 aliphatic rings. The smallest absolute Gasteiger partial charge is 0.251 e. The molecule has 7 heteroatoms. The highest BCUT2D eigenvalue weighted by Gasteiger charge is 2.14. The Balaban J connectivity index is 1.43. The third kappa shape index (κ3) is 4.13. The molecule has 1 N–H and O–H groups in total. The second-order valence-electron chi connectivity index (χ2n) is 7.35. The van der Waals surface area contributed by atoms with Crippen LogP contribution in [0.3, 0.4) is 0 Å². The number of rotatable bonds is 5. The van der Waals surface area contributed by atoms with Gasteiger partial charge in [0.25, 0.3) is 5.91 Å². The summed E-state index contributed by atoms with van der Waals surface area (Å²) in [5.41, 5.74) is 2.48. The SMILES string of the molecule is Cc1cccc(C(=O)NCCc2nnc3ccc(N4CCCCCC4)nn23)c1. The van der Waals surface area contributed by atoms with Crippen molar-refractivity contribution in [2.75, 3.05) is 24.5 Å². The van der Waals surface area contributed by atoms with E-state index in [-0.39, 0.29) is 5.91 Å². The number of nitrogens with one attached hydrogen (secondary N) is 1. The van der Waals surface area contributed by atoms with Crippen LogP contribution in [0, 0.1) is 6.92 Å². The second kappa shape index (κ2) is 8.37. The maximum absolute atomic E-state index is 12.3. The Hall–Kier alpha value is -2.96. The van der Waals surface area contributed by atoms with Gasteiger partial charge in [0.2, 0.25) is 0 Å². The average molecular weight is 378 g/mol. The minimum absolute atomic E-state index is 0.0734.